The molecule has 0 fully saturated rings. The minimum absolute atomic E-state index is 0.0242. The highest BCUT2D eigenvalue weighted by molar-refractivity contribution is 9.10. The molecule has 1 aromatic heterocycles. The second-order valence-electron chi connectivity index (χ2n) is 9.06. The minimum atomic E-state index is -1.11. The molecule has 0 atom stereocenters. The average molecular weight is 523 g/mol. The highest BCUT2D eigenvalue weighted by Crippen LogP contribution is 2.28. The zero-order chi connectivity index (χ0) is 24.6. The van der Waals surface area contributed by atoms with Gasteiger partial charge in [-0.1, -0.05) is 46.3 Å². The number of benzene rings is 2. The van der Waals surface area contributed by atoms with Gasteiger partial charge in [-0.05, 0) is 62.2 Å². The van der Waals surface area contributed by atoms with Crippen molar-refractivity contribution in [2.24, 2.45) is 0 Å². The van der Waals surface area contributed by atoms with Gasteiger partial charge in [0, 0.05) is 23.0 Å². The van der Waals surface area contributed by atoms with Crippen LogP contribution >= 0.6 is 15.9 Å². The fourth-order valence-electron chi connectivity index (χ4n) is 4.15. The van der Waals surface area contributed by atoms with E-state index in [0.29, 0.717) is 18.5 Å². The van der Waals surface area contributed by atoms with Crippen molar-refractivity contribution < 1.29 is 14.7 Å². The van der Waals surface area contributed by atoms with Crippen LogP contribution in [0.1, 0.15) is 53.6 Å². The van der Waals surface area contributed by atoms with Crippen LogP contribution in [0.25, 0.3) is 11.3 Å². The predicted octanol–water partition coefficient (Wildman–Crippen LogP) is 5.37. The molecule has 34 heavy (non-hydrogen) atoms. The van der Waals surface area contributed by atoms with Crippen molar-refractivity contribution >= 4 is 33.5 Å². The van der Waals surface area contributed by atoms with Gasteiger partial charge in [-0.25, -0.2) is 14.3 Å². The quantitative estimate of drug-likeness (QED) is 0.471. The number of hydrogen-bond donors (Lipinski definition) is 2. The fourth-order valence-corrected chi connectivity index (χ4v) is 4.42. The molecule has 3 aromatic rings. The van der Waals surface area contributed by atoms with Crippen molar-refractivity contribution in [1.29, 1.82) is 0 Å². The number of carboxylic acid groups (broad SMARTS) is 1. The Balaban J connectivity index is 1.58. The van der Waals surface area contributed by atoms with E-state index < -0.39 is 11.5 Å². The van der Waals surface area contributed by atoms with E-state index in [1.807, 2.05) is 69.3 Å². The zero-order valence-corrected chi connectivity index (χ0v) is 21.0. The molecule has 0 aliphatic carbocycles. The maximum atomic E-state index is 13.2. The lowest BCUT2D eigenvalue weighted by molar-refractivity contribution is 0.0687. The van der Waals surface area contributed by atoms with Crippen LogP contribution in [0.3, 0.4) is 0 Å². The molecule has 7 nitrogen and oxygen atoms in total. The maximum Gasteiger partial charge on any atom is 0.356 e. The third kappa shape index (κ3) is 4.63. The van der Waals surface area contributed by atoms with Crippen LogP contribution in [-0.2, 0) is 18.5 Å². The normalized spacial score (nSPS) is 13.4. The summed E-state index contributed by atoms with van der Waals surface area (Å²) in [5.41, 5.74) is 4.46. The minimum Gasteiger partial charge on any atom is -0.476 e. The third-order valence-electron chi connectivity index (χ3n) is 6.11. The lowest BCUT2D eigenvalue weighted by Gasteiger charge is -2.33. The zero-order valence-electron chi connectivity index (χ0n) is 19.4. The number of hydrogen-bond acceptors (Lipinski definition) is 3. The topological polar surface area (TPSA) is 87.5 Å². The first-order chi connectivity index (χ1) is 16.1. The van der Waals surface area contributed by atoms with Gasteiger partial charge in [0.15, 0.2) is 5.69 Å². The van der Waals surface area contributed by atoms with Crippen LogP contribution in [-0.4, -0.2) is 38.3 Å². The van der Waals surface area contributed by atoms with Gasteiger partial charge in [-0.3, -0.25) is 0 Å². The van der Waals surface area contributed by atoms with E-state index in [0.717, 1.165) is 32.6 Å². The highest BCUT2D eigenvalue weighted by Gasteiger charge is 2.32. The molecule has 0 bridgehead atoms. The molecule has 4 rings (SSSR count). The Labute approximate surface area is 207 Å². The van der Waals surface area contributed by atoms with E-state index in [2.05, 4.69) is 32.9 Å². The van der Waals surface area contributed by atoms with E-state index >= 15 is 0 Å². The van der Waals surface area contributed by atoms with E-state index in [1.165, 1.54) is 0 Å². The second-order valence-corrected chi connectivity index (χ2v) is 9.97. The number of amides is 2. The standard InChI is InChI=1S/C26H27BrN4O3/c1-16(2)17-6-5-7-18(14-17)26(3,4)28-25(34)30-13-12-22-21(15-30)23(24(32)33)29-31(22)20-10-8-19(27)9-11-20/h5-11,14H,1,12-13,15H2,2-4H3,(H,28,34)(H,32,33). The first-order valence-corrected chi connectivity index (χ1v) is 11.8. The van der Waals surface area contributed by atoms with Gasteiger partial charge in [-0.2, -0.15) is 5.10 Å². The number of carboxylic acids is 1. The van der Waals surface area contributed by atoms with Crippen molar-refractivity contribution in [3.05, 3.63) is 87.7 Å². The summed E-state index contributed by atoms with van der Waals surface area (Å²) in [6.45, 7) is 10.5. The van der Waals surface area contributed by atoms with Gasteiger partial charge >= 0.3 is 12.0 Å². The summed E-state index contributed by atoms with van der Waals surface area (Å²) in [5.74, 6) is -1.11. The molecule has 0 unspecified atom stereocenters. The van der Waals surface area contributed by atoms with Crippen LogP contribution < -0.4 is 5.32 Å². The smallest absolute Gasteiger partial charge is 0.356 e. The molecule has 2 N–H and O–H groups in total. The van der Waals surface area contributed by atoms with E-state index in [4.69, 9.17) is 0 Å². The van der Waals surface area contributed by atoms with Gasteiger partial charge in [0.25, 0.3) is 0 Å². The third-order valence-corrected chi connectivity index (χ3v) is 6.64. The molecule has 1 aliphatic heterocycles. The molecule has 0 spiro atoms. The van der Waals surface area contributed by atoms with Gasteiger partial charge in [0.2, 0.25) is 0 Å². The van der Waals surface area contributed by atoms with E-state index in [-0.39, 0.29) is 18.3 Å². The van der Waals surface area contributed by atoms with E-state index in [9.17, 15) is 14.7 Å². The van der Waals surface area contributed by atoms with Gasteiger partial charge in [-0.15, -0.1) is 0 Å². The number of carbonyl (C=O) groups is 2. The van der Waals surface area contributed by atoms with Crippen LogP contribution in [0.2, 0.25) is 0 Å². The Morgan fingerprint density at radius 3 is 2.53 bits per heavy atom. The first-order valence-electron chi connectivity index (χ1n) is 11.0. The fraction of sp³-hybridized carbons (Fsp3) is 0.269. The van der Waals surface area contributed by atoms with Crippen molar-refractivity contribution in [1.82, 2.24) is 20.0 Å². The Kier molecular flexibility index (Phi) is 6.36. The number of carbonyl (C=O) groups excluding carboxylic acids is 1. The SMILES string of the molecule is C=C(C)c1cccc(C(C)(C)NC(=O)N2CCc3c(c(C(=O)O)nn3-c3ccc(Br)cc3)C2)c1. The highest BCUT2D eigenvalue weighted by atomic mass is 79.9. The Morgan fingerprint density at radius 2 is 1.88 bits per heavy atom. The second kappa shape index (κ2) is 9.10. The van der Waals surface area contributed by atoms with Crippen LogP contribution in [0.15, 0.2) is 59.6 Å². The number of allylic oxidation sites excluding steroid dienone is 1. The first kappa shape index (κ1) is 23.8. The summed E-state index contributed by atoms with van der Waals surface area (Å²) in [7, 11) is 0. The Bertz CT molecular complexity index is 1280. The van der Waals surface area contributed by atoms with Gasteiger partial charge in [0.1, 0.15) is 0 Å². The van der Waals surface area contributed by atoms with Crippen LogP contribution in [0, 0.1) is 0 Å². The Morgan fingerprint density at radius 1 is 1.18 bits per heavy atom. The predicted molar refractivity (Wildman–Crippen MR) is 135 cm³/mol. The largest absolute Gasteiger partial charge is 0.476 e. The summed E-state index contributed by atoms with van der Waals surface area (Å²) in [5, 5.41) is 17.2. The van der Waals surface area contributed by atoms with Gasteiger partial charge < -0.3 is 15.3 Å². The summed E-state index contributed by atoms with van der Waals surface area (Å²) >= 11 is 3.42. The molecule has 0 radical (unpaired) electrons. The molecule has 2 amide bonds. The number of rotatable bonds is 5. The number of nitrogens with one attached hydrogen (secondary N) is 1. The molecule has 8 heteroatoms. The number of fused-ring (bicyclic) bond motifs is 1. The van der Waals surface area contributed by atoms with E-state index in [1.54, 1.807) is 9.58 Å². The molecule has 0 saturated heterocycles. The number of aromatic carboxylic acids is 1. The lowest BCUT2D eigenvalue weighted by Crippen LogP contribution is -2.49. The summed E-state index contributed by atoms with van der Waals surface area (Å²) < 4.78 is 2.60. The Hall–Kier alpha value is -3.39. The van der Waals surface area contributed by atoms with Crippen molar-refractivity contribution in [3.63, 3.8) is 0 Å². The lowest BCUT2D eigenvalue weighted by atomic mass is 9.91. The molecular formula is C26H27BrN4O3. The van der Waals surface area contributed by atoms with Crippen molar-refractivity contribution in [2.45, 2.75) is 39.3 Å². The van der Waals surface area contributed by atoms with Crippen molar-refractivity contribution in [3.8, 4) is 5.69 Å². The monoisotopic (exact) mass is 522 g/mol. The molecule has 176 valence electrons. The number of aromatic nitrogens is 2. The van der Waals surface area contributed by atoms with Crippen molar-refractivity contribution in [2.75, 3.05) is 6.54 Å². The van der Waals surface area contributed by atoms with Gasteiger partial charge in [0.05, 0.1) is 23.5 Å². The number of nitrogens with zero attached hydrogens (tertiary/aromatic N) is 3. The average Bonchev–Trinajstić information content (AvgIpc) is 3.18. The molecule has 1 aliphatic rings. The molecule has 2 heterocycles. The number of urea groups is 1. The number of halogens is 1. The molecule has 2 aromatic carbocycles. The molecule has 0 saturated carbocycles. The maximum absolute atomic E-state index is 13.2. The molecular weight excluding hydrogens is 496 g/mol. The summed E-state index contributed by atoms with van der Waals surface area (Å²) in [4.78, 5) is 26.8. The summed E-state index contributed by atoms with van der Waals surface area (Å²) in [6.07, 6.45) is 0.505. The summed E-state index contributed by atoms with van der Waals surface area (Å²) in [6, 6.07) is 15.2. The van der Waals surface area contributed by atoms with Crippen LogP contribution in [0.5, 0.6) is 0 Å². The van der Waals surface area contributed by atoms with Crippen LogP contribution in [0.4, 0.5) is 4.79 Å².